The fraction of sp³-hybridized carbons (Fsp3) is 0.188. The van der Waals surface area contributed by atoms with Gasteiger partial charge >= 0.3 is 5.69 Å². The Morgan fingerprint density at radius 3 is 2.29 bits per heavy atom. The number of nitrogens with one attached hydrogen (secondary N) is 1. The van der Waals surface area contributed by atoms with E-state index < -0.39 is 15.5 Å². The molecule has 0 radical (unpaired) electrons. The summed E-state index contributed by atoms with van der Waals surface area (Å²) < 4.78 is 0. The Morgan fingerprint density at radius 2 is 1.75 bits per heavy atom. The molecule has 8 heteroatoms. The SMILES string of the molecule is CC/C(=N\Nc1ccc([N+](=O)[O-])cc1[N+](=O)[O-])c1ccc(C)cc1. The van der Waals surface area contributed by atoms with Gasteiger partial charge in [0.2, 0.25) is 0 Å². The van der Waals surface area contributed by atoms with Crippen LogP contribution in [0.1, 0.15) is 24.5 Å². The number of hydrogen-bond donors (Lipinski definition) is 1. The van der Waals surface area contributed by atoms with Gasteiger partial charge in [-0.25, -0.2) is 0 Å². The third-order valence-electron chi connectivity index (χ3n) is 3.42. The average Bonchev–Trinajstić information content (AvgIpc) is 2.56. The zero-order valence-corrected chi connectivity index (χ0v) is 13.2. The lowest BCUT2D eigenvalue weighted by atomic mass is 10.1. The first-order chi connectivity index (χ1) is 11.4. The molecule has 0 spiro atoms. The van der Waals surface area contributed by atoms with E-state index >= 15 is 0 Å². The minimum Gasteiger partial charge on any atom is -0.271 e. The van der Waals surface area contributed by atoms with Crippen molar-refractivity contribution < 1.29 is 9.85 Å². The van der Waals surface area contributed by atoms with Crippen LogP contribution in [0.5, 0.6) is 0 Å². The molecule has 0 aliphatic carbocycles. The van der Waals surface area contributed by atoms with Gasteiger partial charge < -0.3 is 0 Å². The van der Waals surface area contributed by atoms with Crippen molar-refractivity contribution in [1.82, 2.24) is 0 Å². The van der Waals surface area contributed by atoms with Crippen molar-refractivity contribution in [3.63, 3.8) is 0 Å². The highest BCUT2D eigenvalue weighted by atomic mass is 16.6. The van der Waals surface area contributed by atoms with E-state index in [-0.39, 0.29) is 11.4 Å². The molecule has 2 aromatic carbocycles. The fourth-order valence-corrected chi connectivity index (χ4v) is 2.10. The molecule has 0 saturated heterocycles. The molecule has 0 aliphatic heterocycles. The summed E-state index contributed by atoms with van der Waals surface area (Å²) in [6.45, 7) is 3.90. The van der Waals surface area contributed by atoms with Gasteiger partial charge in [0.1, 0.15) is 5.69 Å². The van der Waals surface area contributed by atoms with Gasteiger partial charge in [0, 0.05) is 6.07 Å². The Balaban J connectivity index is 2.33. The van der Waals surface area contributed by atoms with Gasteiger partial charge in [-0.1, -0.05) is 36.8 Å². The zero-order chi connectivity index (χ0) is 17.7. The lowest BCUT2D eigenvalue weighted by molar-refractivity contribution is -0.393. The molecule has 0 saturated carbocycles. The molecular formula is C16H16N4O4. The van der Waals surface area contributed by atoms with Gasteiger partial charge in [-0.15, -0.1) is 0 Å². The number of aryl methyl sites for hydroxylation is 1. The molecule has 24 heavy (non-hydrogen) atoms. The zero-order valence-electron chi connectivity index (χ0n) is 13.2. The molecule has 8 nitrogen and oxygen atoms in total. The summed E-state index contributed by atoms with van der Waals surface area (Å²) in [7, 11) is 0. The normalized spacial score (nSPS) is 11.2. The van der Waals surface area contributed by atoms with Crippen molar-refractivity contribution in [2.45, 2.75) is 20.3 Å². The van der Waals surface area contributed by atoms with E-state index in [1.807, 2.05) is 38.1 Å². The second-order valence-corrected chi connectivity index (χ2v) is 5.11. The number of anilines is 1. The van der Waals surface area contributed by atoms with E-state index in [1.165, 1.54) is 12.1 Å². The standard InChI is InChI=1S/C16H16N4O4/c1-3-14(12-6-4-11(2)5-7-12)17-18-15-9-8-13(19(21)22)10-16(15)20(23)24/h4-10,18H,3H2,1-2H3/b17-14+. The minimum atomic E-state index is -0.678. The monoisotopic (exact) mass is 328 g/mol. The van der Waals surface area contributed by atoms with Crippen LogP contribution in [0, 0.1) is 27.2 Å². The maximum Gasteiger partial charge on any atom is 0.301 e. The molecule has 2 aromatic rings. The first kappa shape index (κ1) is 17.1. The highest BCUT2D eigenvalue weighted by Crippen LogP contribution is 2.29. The second-order valence-electron chi connectivity index (χ2n) is 5.11. The lowest BCUT2D eigenvalue weighted by Gasteiger charge is -2.07. The molecule has 0 aromatic heterocycles. The number of non-ortho nitro benzene ring substituents is 1. The van der Waals surface area contributed by atoms with Crippen LogP contribution in [0.3, 0.4) is 0 Å². The molecule has 0 heterocycles. The van der Waals surface area contributed by atoms with Crippen molar-refractivity contribution in [3.05, 3.63) is 73.8 Å². The van der Waals surface area contributed by atoms with Crippen LogP contribution in [-0.4, -0.2) is 15.6 Å². The van der Waals surface area contributed by atoms with Crippen LogP contribution >= 0.6 is 0 Å². The smallest absolute Gasteiger partial charge is 0.271 e. The summed E-state index contributed by atoms with van der Waals surface area (Å²) in [5.41, 5.74) is 4.76. The Kier molecular flexibility index (Phi) is 5.20. The molecule has 0 fully saturated rings. The predicted molar refractivity (Wildman–Crippen MR) is 91.4 cm³/mol. The van der Waals surface area contributed by atoms with E-state index in [4.69, 9.17) is 0 Å². The number of hydrazone groups is 1. The molecule has 0 aliphatic rings. The third-order valence-corrected chi connectivity index (χ3v) is 3.42. The highest BCUT2D eigenvalue weighted by Gasteiger charge is 2.19. The number of nitrogens with zero attached hydrogens (tertiary/aromatic N) is 3. The van der Waals surface area contributed by atoms with Crippen LogP contribution in [0.2, 0.25) is 0 Å². The van der Waals surface area contributed by atoms with Gasteiger partial charge in [-0.05, 0) is 25.0 Å². The molecule has 2 rings (SSSR count). The molecule has 0 amide bonds. The summed E-state index contributed by atoms with van der Waals surface area (Å²) >= 11 is 0. The van der Waals surface area contributed by atoms with Gasteiger partial charge in [0.05, 0.1) is 21.6 Å². The van der Waals surface area contributed by atoms with E-state index in [9.17, 15) is 20.2 Å². The molecule has 0 atom stereocenters. The maximum atomic E-state index is 11.1. The Bertz CT molecular complexity index is 800. The van der Waals surface area contributed by atoms with Crippen molar-refractivity contribution in [2.75, 3.05) is 5.43 Å². The van der Waals surface area contributed by atoms with E-state index in [2.05, 4.69) is 10.5 Å². The lowest BCUT2D eigenvalue weighted by Crippen LogP contribution is -2.04. The van der Waals surface area contributed by atoms with Crippen LogP contribution in [0.4, 0.5) is 17.1 Å². The molecular weight excluding hydrogens is 312 g/mol. The second kappa shape index (κ2) is 7.32. The van der Waals surface area contributed by atoms with Gasteiger partial charge in [-0.2, -0.15) is 5.10 Å². The Labute approximate surface area is 138 Å². The average molecular weight is 328 g/mol. The number of rotatable bonds is 6. The van der Waals surface area contributed by atoms with E-state index in [1.54, 1.807) is 0 Å². The van der Waals surface area contributed by atoms with Crippen molar-refractivity contribution in [1.29, 1.82) is 0 Å². The highest BCUT2D eigenvalue weighted by molar-refractivity contribution is 6.00. The van der Waals surface area contributed by atoms with Crippen LogP contribution in [0.15, 0.2) is 47.6 Å². The third kappa shape index (κ3) is 3.92. The van der Waals surface area contributed by atoms with Crippen molar-refractivity contribution >= 4 is 22.8 Å². The number of benzene rings is 2. The van der Waals surface area contributed by atoms with E-state index in [0.29, 0.717) is 6.42 Å². The topological polar surface area (TPSA) is 111 Å². The van der Waals surface area contributed by atoms with Gasteiger partial charge in [0.15, 0.2) is 0 Å². The summed E-state index contributed by atoms with van der Waals surface area (Å²) in [4.78, 5) is 20.5. The summed E-state index contributed by atoms with van der Waals surface area (Å²) in [5.74, 6) is 0. The predicted octanol–water partition coefficient (Wildman–Crippen LogP) is 4.04. The van der Waals surface area contributed by atoms with E-state index in [0.717, 1.165) is 22.9 Å². The van der Waals surface area contributed by atoms with Crippen molar-refractivity contribution in [2.24, 2.45) is 5.10 Å². The fourth-order valence-electron chi connectivity index (χ4n) is 2.10. The first-order valence-corrected chi connectivity index (χ1v) is 7.24. The summed E-state index contributed by atoms with van der Waals surface area (Å²) in [6, 6.07) is 11.1. The molecule has 124 valence electrons. The molecule has 0 bridgehead atoms. The minimum absolute atomic E-state index is 0.101. The van der Waals surface area contributed by atoms with Crippen LogP contribution in [0.25, 0.3) is 0 Å². The van der Waals surface area contributed by atoms with Crippen molar-refractivity contribution in [3.8, 4) is 0 Å². The van der Waals surface area contributed by atoms with Gasteiger partial charge in [-0.3, -0.25) is 25.7 Å². The van der Waals surface area contributed by atoms with Gasteiger partial charge in [0.25, 0.3) is 5.69 Å². The largest absolute Gasteiger partial charge is 0.301 e. The summed E-state index contributed by atoms with van der Waals surface area (Å²) in [5, 5.41) is 26.1. The van der Waals surface area contributed by atoms with Crippen LogP contribution in [-0.2, 0) is 0 Å². The first-order valence-electron chi connectivity index (χ1n) is 7.24. The quantitative estimate of drug-likeness (QED) is 0.489. The summed E-state index contributed by atoms with van der Waals surface area (Å²) in [6.07, 6.45) is 0.622. The number of nitro benzene ring substituents is 2. The maximum absolute atomic E-state index is 11.1. The Morgan fingerprint density at radius 1 is 1.08 bits per heavy atom. The number of nitro groups is 2. The molecule has 0 unspecified atom stereocenters. The van der Waals surface area contributed by atoms with Crippen LogP contribution < -0.4 is 5.43 Å². The Hall–Kier alpha value is -3.29. The molecule has 1 N–H and O–H groups in total. The number of hydrogen-bond acceptors (Lipinski definition) is 6.